The highest BCUT2D eigenvalue weighted by molar-refractivity contribution is 7.98. The maximum absolute atomic E-state index is 14.7. The second kappa shape index (κ2) is 11.7. The van der Waals surface area contributed by atoms with Crippen LogP contribution < -0.4 is 10.5 Å². The van der Waals surface area contributed by atoms with Crippen LogP contribution in [0.5, 0.6) is 0 Å². The lowest BCUT2D eigenvalue weighted by molar-refractivity contribution is 0.120. The summed E-state index contributed by atoms with van der Waals surface area (Å²) in [6.45, 7) is 10.3. The molecule has 0 N–H and O–H groups in total. The van der Waals surface area contributed by atoms with Crippen LogP contribution in [0.2, 0.25) is 0 Å². The molecule has 0 atom stereocenters. The third-order valence-corrected chi connectivity index (χ3v) is 7.84. The van der Waals surface area contributed by atoms with Gasteiger partial charge in [0.1, 0.15) is 22.3 Å². The van der Waals surface area contributed by atoms with Gasteiger partial charge in [0.2, 0.25) is 5.95 Å². The van der Waals surface area contributed by atoms with Gasteiger partial charge < -0.3 is 9.80 Å². The lowest BCUT2D eigenvalue weighted by atomic mass is 9.95. The second-order valence-corrected chi connectivity index (χ2v) is 10.1. The van der Waals surface area contributed by atoms with Crippen LogP contribution in [0.3, 0.4) is 0 Å². The van der Waals surface area contributed by atoms with Crippen LogP contribution in [-0.2, 0) is 0 Å². The highest BCUT2D eigenvalue weighted by Crippen LogP contribution is 2.30. The summed E-state index contributed by atoms with van der Waals surface area (Å²) in [5, 5.41) is 1.27. The van der Waals surface area contributed by atoms with E-state index in [4.69, 9.17) is 9.97 Å². The predicted molar refractivity (Wildman–Crippen MR) is 143 cm³/mol. The van der Waals surface area contributed by atoms with E-state index in [-0.39, 0.29) is 5.65 Å². The van der Waals surface area contributed by atoms with Gasteiger partial charge in [-0.25, -0.2) is 13.8 Å². The molecule has 36 heavy (non-hydrogen) atoms. The van der Waals surface area contributed by atoms with E-state index in [2.05, 4.69) is 16.7 Å². The fourth-order valence-corrected chi connectivity index (χ4v) is 5.67. The van der Waals surface area contributed by atoms with Crippen LogP contribution >= 0.6 is 11.8 Å². The van der Waals surface area contributed by atoms with Crippen molar-refractivity contribution in [2.75, 3.05) is 37.3 Å². The fraction of sp³-hybridized carbons (Fsp3) is 0.519. The monoisotopic (exact) mass is 515 g/mol. The molecule has 5 rings (SSSR count). The van der Waals surface area contributed by atoms with E-state index >= 15 is 0 Å². The van der Waals surface area contributed by atoms with Crippen molar-refractivity contribution in [3.8, 4) is 5.69 Å². The van der Waals surface area contributed by atoms with Gasteiger partial charge in [-0.1, -0.05) is 26.8 Å². The summed E-state index contributed by atoms with van der Waals surface area (Å²) in [4.78, 5) is 27.0. The quantitative estimate of drug-likeness (QED) is 0.338. The number of halogens is 2. The largest absolute Gasteiger partial charge is 0.341 e. The van der Waals surface area contributed by atoms with E-state index in [9.17, 15) is 13.6 Å². The molecule has 2 aromatic heterocycles. The minimum atomic E-state index is -0.808. The molecule has 0 spiro atoms. The average Bonchev–Trinajstić information content (AvgIpc) is 2.90. The Bertz CT molecular complexity index is 1230. The van der Waals surface area contributed by atoms with E-state index in [0.717, 1.165) is 61.6 Å². The summed E-state index contributed by atoms with van der Waals surface area (Å²) in [5.41, 5.74) is -0.725. The molecule has 2 aliphatic rings. The van der Waals surface area contributed by atoms with Crippen molar-refractivity contribution in [1.82, 2.24) is 19.4 Å². The van der Waals surface area contributed by atoms with Crippen molar-refractivity contribution in [1.29, 1.82) is 0 Å². The van der Waals surface area contributed by atoms with Gasteiger partial charge in [-0.2, -0.15) is 4.98 Å². The number of anilines is 1. The van der Waals surface area contributed by atoms with Crippen molar-refractivity contribution in [3.05, 3.63) is 52.3 Å². The number of piperidine rings is 2. The summed E-state index contributed by atoms with van der Waals surface area (Å²) in [7, 11) is 0. The number of benzene rings is 1. The molecule has 0 saturated carbocycles. The molecule has 2 saturated heterocycles. The van der Waals surface area contributed by atoms with Crippen LogP contribution in [0, 0.1) is 17.6 Å². The molecule has 2 fully saturated rings. The van der Waals surface area contributed by atoms with Gasteiger partial charge in [-0.3, -0.25) is 9.36 Å². The van der Waals surface area contributed by atoms with Crippen molar-refractivity contribution >= 4 is 28.7 Å². The maximum atomic E-state index is 14.7. The molecule has 9 heteroatoms. The van der Waals surface area contributed by atoms with E-state index in [1.165, 1.54) is 36.7 Å². The average molecular weight is 516 g/mol. The number of aromatic nitrogens is 3. The Kier molecular flexibility index (Phi) is 8.62. The second-order valence-electron chi connectivity index (χ2n) is 9.28. The maximum Gasteiger partial charge on any atom is 0.256 e. The van der Waals surface area contributed by atoms with Crippen molar-refractivity contribution in [2.45, 2.75) is 57.5 Å². The first kappa shape index (κ1) is 26.5. The Hall–Kier alpha value is -2.52. The molecule has 0 aliphatic carbocycles. The first-order chi connectivity index (χ1) is 17.5. The lowest BCUT2D eigenvalue weighted by Crippen LogP contribution is -2.48. The lowest BCUT2D eigenvalue weighted by Gasteiger charge is -2.41. The number of thioether (sulfide) groups is 1. The zero-order valence-electron chi connectivity index (χ0n) is 21.5. The van der Waals surface area contributed by atoms with Crippen LogP contribution in [0.1, 0.15) is 46.5 Å². The summed E-state index contributed by atoms with van der Waals surface area (Å²) < 4.78 is 30.4. The Morgan fingerprint density at radius 1 is 0.917 bits per heavy atom. The van der Waals surface area contributed by atoms with Crippen molar-refractivity contribution in [3.63, 3.8) is 0 Å². The zero-order chi connectivity index (χ0) is 25.8. The highest BCUT2D eigenvalue weighted by Gasteiger charge is 2.29. The van der Waals surface area contributed by atoms with Crippen LogP contribution in [-0.4, -0.2) is 57.9 Å². The Morgan fingerprint density at radius 3 is 2.17 bits per heavy atom. The standard InChI is InChI=1S/C25H29F2N5OS.C2H6/c1-16-8-12-30(13-9-16)17-10-14-31(15-11-17)25-28-23-18(24(29-25)34-2)6-7-21(33)32(23)22-19(26)4-3-5-20(22)27;1-2/h3-7,16-17H,8-15H2,1-2H3;1-2H3. The molecule has 2 aliphatic heterocycles. The van der Waals surface area contributed by atoms with Gasteiger partial charge in [0.05, 0.1) is 5.39 Å². The number of fused-ring (bicyclic) bond motifs is 1. The first-order valence-electron chi connectivity index (χ1n) is 12.9. The Morgan fingerprint density at radius 2 is 1.56 bits per heavy atom. The van der Waals surface area contributed by atoms with Crippen LogP contribution in [0.4, 0.5) is 14.7 Å². The molecular weight excluding hydrogens is 480 g/mol. The minimum Gasteiger partial charge on any atom is -0.341 e. The summed E-state index contributed by atoms with van der Waals surface area (Å²) >= 11 is 1.43. The van der Waals surface area contributed by atoms with Gasteiger partial charge in [-0.15, -0.1) is 11.8 Å². The van der Waals surface area contributed by atoms with Crippen molar-refractivity contribution < 1.29 is 8.78 Å². The predicted octanol–water partition coefficient (Wildman–Crippen LogP) is 5.51. The summed E-state index contributed by atoms with van der Waals surface area (Å²) in [5.74, 6) is -0.308. The van der Waals surface area contributed by atoms with E-state index in [1.807, 2.05) is 20.1 Å². The molecule has 6 nitrogen and oxygen atoms in total. The molecule has 3 aromatic rings. The van der Waals surface area contributed by atoms with E-state index in [1.54, 1.807) is 6.07 Å². The van der Waals surface area contributed by atoms with Gasteiger partial charge in [0.25, 0.3) is 5.56 Å². The normalized spacial score (nSPS) is 17.8. The van der Waals surface area contributed by atoms with Gasteiger partial charge >= 0.3 is 0 Å². The molecule has 0 amide bonds. The molecular formula is C27H35F2N5OS. The van der Waals surface area contributed by atoms with Gasteiger partial charge in [0.15, 0.2) is 5.65 Å². The Labute approximate surface area is 215 Å². The fourth-order valence-electron chi connectivity index (χ4n) is 5.12. The van der Waals surface area contributed by atoms with E-state index in [0.29, 0.717) is 22.4 Å². The van der Waals surface area contributed by atoms with Crippen LogP contribution in [0.25, 0.3) is 16.7 Å². The molecule has 194 valence electrons. The van der Waals surface area contributed by atoms with Crippen LogP contribution in [0.15, 0.2) is 40.2 Å². The third kappa shape index (κ3) is 5.27. The topological polar surface area (TPSA) is 54.3 Å². The third-order valence-electron chi connectivity index (χ3n) is 7.14. The van der Waals surface area contributed by atoms with E-state index < -0.39 is 22.9 Å². The number of rotatable bonds is 4. The van der Waals surface area contributed by atoms with Gasteiger partial charge in [-0.05, 0) is 69.1 Å². The SMILES string of the molecule is CC.CSc1nc(N2CCC(N3CCC(C)CC3)CC2)nc2c1ccc(=O)n2-c1c(F)cccc1F. The summed E-state index contributed by atoms with van der Waals surface area (Å²) in [6.07, 6.45) is 6.46. The molecule has 0 radical (unpaired) electrons. The molecule has 1 aromatic carbocycles. The molecule has 4 heterocycles. The van der Waals surface area contributed by atoms with Gasteiger partial charge in [0, 0.05) is 25.2 Å². The smallest absolute Gasteiger partial charge is 0.256 e. The zero-order valence-corrected chi connectivity index (χ0v) is 22.3. The van der Waals surface area contributed by atoms with Crippen molar-refractivity contribution in [2.24, 2.45) is 5.92 Å². The first-order valence-corrected chi connectivity index (χ1v) is 14.1. The number of hydrogen-bond acceptors (Lipinski definition) is 6. The minimum absolute atomic E-state index is 0.220. The number of likely N-dealkylation sites (tertiary alicyclic amines) is 1. The number of hydrogen-bond donors (Lipinski definition) is 0. The highest BCUT2D eigenvalue weighted by atomic mass is 32.2. The number of pyridine rings is 1. The Balaban J connectivity index is 0.00000148. The summed E-state index contributed by atoms with van der Waals surface area (Å²) in [6, 6.07) is 7.08. The molecule has 0 bridgehead atoms. The molecule has 0 unspecified atom stereocenters. The number of para-hydroxylation sites is 1. The number of nitrogens with zero attached hydrogens (tertiary/aromatic N) is 5.